The number of nitrogens with one attached hydrogen (secondary N) is 1. The van der Waals surface area contributed by atoms with Gasteiger partial charge in [0.1, 0.15) is 11.9 Å². The molecule has 1 saturated heterocycles. The van der Waals surface area contributed by atoms with Gasteiger partial charge in [-0.3, -0.25) is 19.5 Å². The maximum atomic E-state index is 12.5. The van der Waals surface area contributed by atoms with Gasteiger partial charge in [-0.05, 0) is 12.1 Å². The fourth-order valence-corrected chi connectivity index (χ4v) is 3.74. The Bertz CT molecular complexity index is 1290. The number of hydrogen-bond donors (Lipinski definition) is 4. The highest BCUT2D eigenvalue weighted by Crippen LogP contribution is 2.39. The minimum atomic E-state index is -5.06. The second-order valence-electron chi connectivity index (χ2n) is 7.82. The number of aliphatic hydroxyl groups is 2. The first kappa shape index (κ1) is 26.6. The van der Waals surface area contributed by atoms with Gasteiger partial charge < -0.3 is 26.0 Å². The monoisotopic (exact) mass is 511 g/mol. The second-order valence-corrected chi connectivity index (χ2v) is 7.82. The van der Waals surface area contributed by atoms with Gasteiger partial charge in [0.05, 0.1) is 24.2 Å². The molecule has 15 heteroatoms. The summed E-state index contributed by atoms with van der Waals surface area (Å²) in [6, 6.07) is 5.04. The second kappa shape index (κ2) is 10.3. The van der Waals surface area contributed by atoms with Crippen LogP contribution in [-0.2, 0) is 21.7 Å². The Morgan fingerprint density at radius 1 is 1.42 bits per heavy atom. The number of alkyl halides is 3. The highest BCUT2D eigenvalue weighted by molar-refractivity contribution is 5.81. The lowest BCUT2D eigenvalue weighted by atomic mass is 9.95. The van der Waals surface area contributed by atoms with Gasteiger partial charge in [0, 0.05) is 36.2 Å². The number of rotatable bonds is 6. The molecule has 0 radical (unpaired) electrons. The Morgan fingerprint density at radius 2 is 2.14 bits per heavy atom. The Balaban J connectivity index is 1.94. The SMILES string of the molecule is Nc1ccn([C@@]2(Cc3ccc(C#CCNC(=O)C(F)(F)F)cc3[N+](=O)[O-])C[C@H](O)[C@@H](CO)O2)c(=O)n1. The van der Waals surface area contributed by atoms with E-state index >= 15 is 0 Å². The first-order valence-corrected chi connectivity index (χ1v) is 10.3. The van der Waals surface area contributed by atoms with Gasteiger partial charge in [-0.15, -0.1) is 0 Å². The van der Waals surface area contributed by atoms with Gasteiger partial charge in [-0.2, -0.15) is 18.2 Å². The third-order valence-electron chi connectivity index (χ3n) is 5.35. The average molecular weight is 511 g/mol. The average Bonchev–Trinajstić information content (AvgIpc) is 3.12. The van der Waals surface area contributed by atoms with Crippen molar-refractivity contribution in [3.05, 3.63) is 62.2 Å². The van der Waals surface area contributed by atoms with E-state index in [9.17, 15) is 43.1 Å². The van der Waals surface area contributed by atoms with Crippen molar-refractivity contribution in [2.24, 2.45) is 0 Å². The van der Waals surface area contributed by atoms with Crippen LogP contribution in [0.15, 0.2) is 35.3 Å². The van der Waals surface area contributed by atoms with Gasteiger partial charge >= 0.3 is 17.8 Å². The summed E-state index contributed by atoms with van der Waals surface area (Å²) >= 11 is 0. The molecule has 36 heavy (non-hydrogen) atoms. The number of nitro groups is 1. The topological polar surface area (TPSA) is 183 Å². The smallest absolute Gasteiger partial charge is 0.394 e. The third kappa shape index (κ3) is 5.79. The van der Waals surface area contributed by atoms with Crippen LogP contribution in [0, 0.1) is 22.0 Å². The van der Waals surface area contributed by atoms with Crippen LogP contribution < -0.4 is 16.7 Å². The molecule has 0 bridgehead atoms. The molecule has 1 aliphatic rings. The molecule has 3 rings (SSSR count). The number of benzene rings is 1. The number of amides is 1. The summed E-state index contributed by atoms with van der Waals surface area (Å²) in [5, 5.41) is 33.2. The summed E-state index contributed by atoms with van der Waals surface area (Å²) in [4.78, 5) is 38.0. The van der Waals surface area contributed by atoms with Crippen LogP contribution in [0.4, 0.5) is 24.7 Å². The summed E-state index contributed by atoms with van der Waals surface area (Å²) < 4.78 is 43.5. The number of nitrogens with two attached hydrogens (primary N) is 1. The number of aliphatic hydroxyl groups excluding tert-OH is 2. The summed E-state index contributed by atoms with van der Waals surface area (Å²) in [6.07, 6.45) is -6.58. The maximum absolute atomic E-state index is 12.5. The summed E-state index contributed by atoms with van der Waals surface area (Å²) in [5.41, 5.74) is 2.75. The summed E-state index contributed by atoms with van der Waals surface area (Å²) in [5.74, 6) is 2.45. The van der Waals surface area contributed by atoms with Crippen LogP contribution in [0.5, 0.6) is 0 Å². The van der Waals surface area contributed by atoms with E-state index in [1.54, 1.807) is 5.32 Å². The van der Waals surface area contributed by atoms with Crippen molar-refractivity contribution in [2.45, 2.75) is 37.0 Å². The minimum Gasteiger partial charge on any atom is -0.394 e. The lowest BCUT2D eigenvalue weighted by Gasteiger charge is -2.31. The molecule has 192 valence electrons. The van der Waals surface area contributed by atoms with E-state index in [1.165, 1.54) is 24.4 Å². The Morgan fingerprint density at radius 3 is 2.72 bits per heavy atom. The molecule has 0 spiro atoms. The zero-order valence-electron chi connectivity index (χ0n) is 18.4. The zero-order valence-corrected chi connectivity index (χ0v) is 18.4. The van der Waals surface area contributed by atoms with E-state index in [0.29, 0.717) is 0 Å². The number of anilines is 1. The van der Waals surface area contributed by atoms with Gasteiger partial charge in [0.2, 0.25) is 0 Å². The van der Waals surface area contributed by atoms with E-state index in [1.807, 2.05) is 0 Å². The predicted octanol–water partition coefficient (Wildman–Crippen LogP) is -0.199. The van der Waals surface area contributed by atoms with Crippen molar-refractivity contribution in [3.8, 4) is 11.8 Å². The molecule has 5 N–H and O–H groups in total. The normalized spacial score (nSPS) is 21.5. The Hall–Kier alpha value is -4.00. The number of ether oxygens (including phenoxy) is 1. The highest BCUT2D eigenvalue weighted by atomic mass is 19.4. The molecule has 0 aliphatic carbocycles. The highest BCUT2D eigenvalue weighted by Gasteiger charge is 2.48. The Kier molecular flexibility index (Phi) is 7.62. The van der Waals surface area contributed by atoms with Crippen molar-refractivity contribution in [1.29, 1.82) is 0 Å². The molecule has 1 amide bonds. The van der Waals surface area contributed by atoms with Gasteiger partial charge in [-0.25, -0.2) is 4.79 Å². The Labute approximate surface area is 200 Å². The number of aromatic nitrogens is 2. The fraction of sp³-hybridized carbons (Fsp3) is 0.381. The van der Waals surface area contributed by atoms with E-state index in [0.717, 1.165) is 10.6 Å². The number of carbonyl (C=O) groups is 1. The van der Waals surface area contributed by atoms with Crippen LogP contribution in [-0.4, -0.2) is 62.1 Å². The van der Waals surface area contributed by atoms with Crippen molar-refractivity contribution in [1.82, 2.24) is 14.9 Å². The maximum Gasteiger partial charge on any atom is 0.471 e. The van der Waals surface area contributed by atoms with Crippen LogP contribution in [0.1, 0.15) is 17.5 Å². The molecule has 1 fully saturated rings. The van der Waals surface area contributed by atoms with E-state index in [4.69, 9.17) is 10.5 Å². The van der Waals surface area contributed by atoms with Crippen LogP contribution >= 0.6 is 0 Å². The van der Waals surface area contributed by atoms with Crippen LogP contribution in [0.25, 0.3) is 0 Å². The number of hydrogen-bond acceptors (Lipinski definition) is 9. The number of halogens is 3. The standard InChI is InChI=1S/C21H20F3N5O7/c22-21(23,24)18(32)26-6-1-2-12-3-4-13(14(8-12)29(34)35)9-20(10-15(31)16(11-30)36-20)28-7-5-17(25)27-19(28)33/h3-5,7-8,15-16,30-31H,6,9-11H2,(H,26,32)(H2,25,27,33)/t15-,16+,20+/m0/s1. The van der Waals surface area contributed by atoms with E-state index in [-0.39, 0.29) is 29.8 Å². The summed E-state index contributed by atoms with van der Waals surface area (Å²) in [7, 11) is 0. The predicted molar refractivity (Wildman–Crippen MR) is 116 cm³/mol. The van der Waals surface area contributed by atoms with Gasteiger partial charge in [0.25, 0.3) is 5.69 Å². The van der Waals surface area contributed by atoms with Crippen molar-refractivity contribution < 1.29 is 37.8 Å². The van der Waals surface area contributed by atoms with E-state index < -0.39 is 59.5 Å². The first-order valence-electron chi connectivity index (χ1n) is 10.3. The minimum absolute atomic E-state index is 0.0745. The molecule has 3 atom stereocenters. The number of nitrogen functional groups attached to an aromatic ring is 1. The molecule has 0 saturated carbocycles. The number of carbonyl (C=O) groups excluding carboxylic acids is 1. The summed E-state index contributed by atoms with van der Waals surface area (Å²) in [6.45, 7) is -1.22. The lowest BCUT2D eigenvalue weighted by molar-refractivity contribution is -0.385. The molecule has 1 aromatic carbocycles. The van der Waals surface area contributed by atoms with Crippen molar-refractivity contribution >= 4 is 17.4 Å². The number of nitrogens with zero attached hydrogens (tertiary/aromatic N) is 3. The molecular weight excluding hydrogens is 491 g/mol. The fourth-order valence-electron chi connectivity index (χ4n) is 3.74. The molecule has 1 aromatic heterocycles. The largest absolute Gasteiger partial charge is 0.471 e. The molecule has 1 aliphatic heterocycles. The van der Waals surface area contributed by atoms with Crippen LogP contribution in [0.3, 0.4) is 0 Å². The van der Waals surface area contributed by atoms with Gasteiger partial charge in [0.15, 0.2) is 5.72 Å². The van der Waals surface area contributed by atoms with E-state index in [2.05, 4.69) is 16.8 Å². The third-order valence-corrected chi connectivity index (χ3v) is 5.35. The molecular formula is C21H20F3N5O7. The van der Waals surface area contributed by atoms with Gasteiger partial charge in [-0.1, -0.05) is 17.9 Å². The quantitative estimate of drug-likeness (QED) is 0.232. The number of nitro benzene ring substituents is 1. The molecule has 2 heterocycles. The van der Waals surface area contributed by atoms with Crippen molar-refractivity contribution in [2.75, 3.05) is 18.9 Å². The molecule has 2 aromatic rings. The zero-order chi connectivity index (χ0) is 26.7. The molecule has 0 unspecified atom stereocenters. The first-order chi connectivity index (χ1) is 16.9. The van der Waals surface area contributed by atoms with Crippen LogP contribution in [0.2, 0.25) is 0 Å². The van der Waals surface area contributed by atoms with Crippen molar-refractivity contribution in [3.63, 3.8) is 0 Å². The lowest BCUT2D eigenvalue weighted by Crippen LogP contribution is -2.44. The molecule has 12 nitrogen and oxygen atoms in total.